The number of carbonyl (C=O) groups excluding carboxylic acids is 6. The van der Waals surface area contributed by atoms with Crippen molar-refractivity contribution in [3.63, 3.8) is 0 Å². The summed E-state index contributed by atoms with van der Waals surface area (Å²) in [6.45, 7) is -0.719. The summed E-state index contributed by atoms with van der Waals surface area (Å²) in [4.78, 5) is 70.2. The first-order valence-corrected chi connectivity index (χ1v) is 8.50. The summed E-state index contributed by atoms with van der Waals surface area (Å²) in [6.07, 6.45) is 7.91. The number of fused-ring (bicyclic) bond motifs is 2. The summed E-state index contributed by atoms with van der Waals surface area (Å²) in [6, 6.07) is 0. The fourth-order valence-corrected chi connectivity index (χ4v) is 3.28. The van der Waals surface area contributed by atoms with Crippen LogP contribution in [0.25, 0.3) is 0 Å². The molecule has 0 aromatic heterocycles. The van der Waals surface area contributed by atoms with Crippen LogP contribution in [0.15, 0.2) is 47.6 Å². The summed E-state index contributed by atoms with van der Waals surface area (Å²) < 4.78 is 18.7. The fourth-order valence-electron chi connectivity index (χ4n) is 3.28. The van der Waals surface area contributed by atoms with Crippen LogP contribution in [-0.4, -0.2) is 42.6 Å². The van der Waals surface area contributed by atoms with Gasteiger partial charge in [-0.2, -0.15) is 0 Å². The first-order valence-electron chi connectivity index (χ1n) is 8.50. The van der Waals surface area contributed by atoms with Gasteiger partial charge in [0.15, 0.2) is 0 Å². The van der Waals surface area contributed by atoms with E-state index in [4.69, 9.17) is 9.47 Å². The summed E-state index contributed by atoms with van der Waals surface area (Å²) in [5.41, 5.74) is 0.0292. The van der Waals surface area contributed by atoms with E-state index < -0.39 is 66.3 Å². The van der Waals surface area contributed by atoms with Gasteiger partial charge in [-0.1, -0.05) is 51.3 Å². The Hall–Kier alpha value is -3.82. The normalized spacial score (nSPS) is 27.5. The Labute approximate surface area is 177 Å². The second-order valence-corrected chi connectivity index (χ2v) is 6.53. The monoisotopic (exact) mass is 432 g/mol. The standard InChI is InChI=1S/C19H12O10.2CH4/c20-14(8-1-3-10-12(5-8)18(24)28-16(10)22)26-7-27-15(21)9-2-4-11-13(6-9)19(25)29-17(11)23;;/h1-6,10-13H,7H2;2*1H4. The number of cyclic esters (lactones) is 4. The first-order chi connectivity index (χ1) is 13.8. The second kappa shape index (κ2) is 8.90. The van der Waals surface area contributed by atoms with Crippen molar-refractivity contribution in [1.82, 2.24) is 0 Å². The molecular formula is C21H20O10. The molecule has 0 aromatic rings. The molecule has 10 heteroatoms. The molecule has 0 saturated carbocycles. The van der Waals surface area contributed by atoms with Crippen molar-refractivity contribution in [2.24, 2.45) is 23.7 Å². The van der Waals surface area contributed by atoms with Gasteiger partial charge in [-0.15, -0.1) is 0 Å². The molecule has 31 heavy (non-hydrogen) atoms. The van der Waals surface area contributed by atoms with Crippen LogP contribution in [0.3, 0.4) is 0 Å². The molecule has 2 saturated heterocycles. The number of carbonyl (C=O) groups is 6. The van der Waals surface area contributed by atoms with Gasteiger partial charge in [0, 0.05) is 0 Å². The first kappa shape index (κ1) is 23.5. The van der Waals surface area contributed by atoms with Gasteiger partial charge in [-0.3, -0.25) is 19.2 Å². The smallest absolute Gasteiger partial charge is 0.340 e. The van der Waals surface area contributed by atoms with Gasteiger partial charge in [0.25, 0.3) is 0 Å². The Bertz CT molecular complexity index is 902. The quantitative estimate of drug-likeness (QED) is 0.273. The van der Waals surface area contributed by atoms with Crippen LogP contribution in [-0.2, 0) is 47.7 Å². The molecule has 2 aliphatic carbocycles. The van der Waals surface area contributed by atoms with E-state index in [1.54, 1.807) is 0 Å². The summed E-state index contributed by atoms with van der Waals surface area (Å²) >= 11 is 0. The Balaban J connectivity index is 0.00000171. The molecule has 4 aliphatic rings. The number of hydrogen-bond acceptors (Lipinski definition) is 10. The van der Waals surface area contributed by atoms with Crippen LogP contribution in [0.4, 0.5) is 0 Å². The van der Waals surface area contributed by atoms with E-state index >= 15 is 0 Å². The van der Waals surface area contributed by atoms with E-state index in [1.807, 2.05) is 0 Å². The molecule has 0 bridgehead atoms. The molecule has 4 atom stereocenters. The van der Waals surface area contributed by atoms with E-state index in [0.29, 0.717) is 0 Å². The van der Waals surface area contributed by atoms with Gasteiger partial charge in [-0.25, -0.2) is 9.59 Å². The van der Waals surface area contributed by atoms with E-state index in [0.717, 1.165) is 0 Å². The Morgan fingerprint density at radius 2 is 1.03 bits per heavy atom. The van der Waals surface area contributed by atoms with Crippen LogP contribution in [0.5, 0.6) is 0 Å². The van der Waals surface area contributed by atoms with Crippen LogP contribution in [0.2, 0.25) is 0 Å². The van der Waals surface area contributed by atoms with Crippen LogP contribution >= 0.6 is 0 Å². The summed E-state index contributed by atoms with van der Waals surface area (Å²) in [5.74, 6) is -7.90. The van der Waals surface area contributed by atoms with Gasteiger partial charge >= 0.3 is 35.8 Å². The topological polar surface area (TPSA) is 139 Å². The zero-order valence-electron chi connectivity index (χ0n) is 14.6. The molecule has 0 spiro atoms. The van der Waals surface area contributed by atoms with Crippen molar-refractivity contribution in [2.45, 2.75) is 14.9 Å². The molecular weight excluding hydrogens is 412 g/mol. The van der Waals surface area contributed by atoms with E-state index in [-0.39, 0.29) is 26.0 Å². The predicted molar refractivity (Wildman–Crippen MR) is 101 cm³/mol. The second-order valence-electron chi connectivity index (χ2n) is 6.53. The molecule has 2 heterocycles. The highest BCUT2D eigenvalue weighted by atomic mass is 16.7. The Morgan fingerprint density at radius 3 is 1.42 bits per heavy atom. The number of rotatable bonds is 4. The van der Waals surface area contributed by atoms with E-state index in [1.165, 1.54) is 36.5 Å². The minimum atomic E-state index is -0.892. The summed E-state index contributed by atoms with van der Waals surface area (Å²) in [5, 5.41) is 0. The lowest BCUT2D eigenvalue weighted by Crippen LogP contribution is -2.22. The molecule has 164 valence electrons. The van der Waals surface area contributed by atoms with Crippen molar-refractivity contribution in [1.29, 1.82) is 0 Å². The van der Waals surface area contributed by atoms with Gasteiger partial charge in [0.1, 0.15) is 0 Å². The fraction of sp³-hybridized carbons (Fsp3) is 0.333. The van der Waals surface area contributed by atoms with Gasteiger partial charge in [-0.05, 0) is 0 Å². The molecule has 4 rings (SSSR count). The summed E-state index contributed by atoms with van der Waals surface area (Å²) in [7, 11) is 0. The molecule has 0 N–H and O–H groups in total. The number of ether oxygens (including phenoxy) is 4. The highest BCUT2D eigenvalue weighted by Gasteiger charge is 2.44. The average molecular weight is 432 g/mol. The van der Waals surface area contributed by atoms with E-state index in [2.05, 4.69) is 9.47 Å². The van der Waals surface area contributed by atoms with Crippen molar-refractivity contribution >= 4 is 35.8 Å². The maximum atomic E-state index is 12.1. The highest BCUT2D eigenvalue weighted by molar-refractivity contribution is 6.03. The zero-order chi connectivity index (χ0) is 20.7. The van der Waals surface area contributed by atoms with Gasteiger partial charge in [0.2, 0.25) is 6.79 Å². The number of esters is 6. The molecule has 10 nitrogen and oxygen atoms in total. The molecule has 2 fully saturated rings. The third kappa shape index (κ3) is 4.23. The minimum Gasteiger partial charge on any atom is -0.424 e. The molecule has 4 unspecified atom stereocenters. The lowest BCUT2D eigenvalue weighted by molar-refractivity contribution is -0.161. The third-order valence-electron chi connectivity index (χ3n) is 4.80. The highest BCUT2D eigenvalue weighted by Crippen LogP contribution is 2.32. The molecule has 0 aromatic carbocycles. The van der Waals surface area contributed by atoms with Crippen molar-refractivity contribution in [3.8, 4) is 0 Å². The Morgan fingerprint density at radius 1 is 0.677 bits per heavy atom. The molecule has 2 aliphatic heterocycles. The van der Waals surface area contributed by atoms with Crippen molar-refractivity contribution < 1.29 is 47.7 Å². The van der Waals surface area contributed by atoms with Crippen LogP contribution in [0, 0.1) is 23.7 Å². The van der Waals surface area contributed by atoms with Gasteiger partial charge in [0.05, 0.1) is 34.8 Å². The number of hydrogen-bond donors (Lipinski definition) is 0. The van der Waals surface area contributed by atoms with Gasteiger partial charge < -0.3 is 18.9 Å². The van der Waals surface area contributed by atoms with Crippen LogP contribution < -0.4 is 0 Å². The predicted octanol–water partition coefficient (Wildman–Crippen LogP) is 0.926. The van der Waals surface area contributed by atoms with Crippen LogP contribution in [0.1, 0.15) is 14.9 Å². The Kier molecular flexibility index (Phi) is 6.74. The zero-order valence-corrected chi connectivity index (χ0v) is 14.6. The van der Waals surface area contributed by atoms with Crippen molar-refractivity contribution in [3.05, 3.63) is 47.6 Å². The average Bonchev–Trinajstić information content (AvgIpc) is 3.16. The maximum absolute atomic E-state index is 12.1. The maximum Gasteiger partial charge on any atom is 0.340 e. The largest absolute Gasteiger partial charge is 0.424 e. The third-order valence-corrected chi connectivity index (χ3v) is 4.80. The van der Waals surface area contributed by atoms with Crippen molar-refractivity contribution in [2.75, 3.05) is 6.79 Å². The lowest BCUT2D eigenvalue weighted by atomic mass is 9.88. The molecule has 0 radical (unpaired) electrons. The lowest BCUT2D eigenvalue weighted by Gasteiger charge is -2.14. The SMILES string of the molecule is C.C.O=C(OCOC(=O)C1=CC2C(=O)OC(=O)C2C=C1)C1=CC2C(=O)OC(=O)C2C=C1. The van der Waals surface area contributed by atoms with E-state index in [9.17, 15) is 28.8 Å². The molecule has 0 amide bonds. The minimum absolute atomic E-state index is 0.